The molecule has 4 nitrogen and oxygen atoms in total. The molecule has 1 aromatic rings. The van der Waals surface area contributed by atoms with Gasteiger partial charge in [-0.1, -0.05) is 12.1 Å². The van der Waals surface area contributed by atoms with Crippen LogP contribution in [0.4, 0.5) is 5.69 Å². The summed E-state index contributed by atoms with van der Waals surface area (Å²) in [7, 11) is 2.04. The van der Waals surface area contributed by atoms with Gasteiger partial charge in [-0.15, -0.1) is 0 Å². The third-order valence-corrected chi connectivity index (χ3v) is 3.53. The minimum Gasteiger partial charge on any atom is -0.326 e. The smallest absolute Gasteiger partial charge is 0.228 e. The van der Waals surface area contributed by atoms with E-state index in [1.165, 1.54) is 6.92 Å². The Morgan fingerprint density at radius 1 is 1.37 bits per heavy atom. The third kappa shape index (κ3) is 3.64. The van der Waals surface area contributed by atoms with E-state index in [-0.39, 0.29) is 17.6 Å². The van der Waals surface area contributed by atoms with Crippen molar-refractivity contribution < 1.29 is 9.59 Å². The molecule has 0 spiro atoms. The largest absolute Gasteiger partial charge is 0.326 e. The van der Waals surface area contributed by atoms with Gasteiger partial charge in [0.05, 0.1) is 5.92 Å². The number of amides is 1. The summed E-state index contributed by atoms with van der Waals surface area (Å²) >= 11 is 0. The fourth-order valence-electron chi connectivity index (χ4n) is 2.44. The van der Waals surface area contributed by atoms with E-state index >= 15 is 0 Å². The van der Waals surface area contributed by atoms with Crippen molar-refractivity contribution in [1.82, 2.24) is 4.90 Å². The first-order chi connectivity index (χ1) is 9.06. The van der Waals surface area contributed by atoms with Gasteiger partial charge in [0.2, 0.25) is 5.91 Å². The van der Waals surface area contributed by atoms with E-state index in [9.17, 15) is 9.59 Å². The summed E-state index contributed by atoms with van der Waals surface area (Å²) in [6.07, 6.45) is 1.99. The lowest BCUT2D eigenvalue weighted by molar-refractivity contribution is -0.121. The Labute approximate surface area is 113 Å². The van der Waals surface area contributed by atoms with Gasteiger partial charge in [0.1, 0.15) is 0 Å². The van der Waals surface area contributed by atoms with E-state index in [4.69, 9.17) is 0 Å². The van der Waals surface area contributed by atoms with Crippen molar-refractivity contribution in [1.29, 1.82) is 0 Å². The van der Waals surface area contributed by atoms with E-state index in [2.05, 4.69) is 10.2 Å². The Balaban J connectivity index is 2.02. The van der Waals surface area contributed by atoms with Crippen molar-refractivity contribution in [3.05, 3.63) is 29.8 Å². The highest BCUT2D eigenvalue weighted by atomic mass is 16.2. The second-order valence-corrected chi connectivity index (χ2v) is 5.23. The number of hydrogen-bond acceptors (Lipinski definition) is 3. The molecule has 1 aliphatic heterocycles. The van der Waals surface area contributed by atoms with Crippen LogP contribution < -0.4 is 5.32 Å². The zero-order valence-electron chi connectivity index (χ0n) is 11.5. The molecule has 1 aliphatic rings. The van der Waals surface area contributed by atoms with Gasteiger partial charge in [-0.25, -0.2) is 0 Å². The molecule has 19 heavy (non-hydrogen) atoms. The molecule has 1 unspecified atom stereocenters. The number of ketones is 1. The highest BCUT2D eigenvalue weighted by Gasteiger charge is 2.23. The number of carbonyl (C=O) groups is 2. The molecule has 0 saturated carbocycles. The SMILES string of the molecule is CC(=O)c1cccc(NC(=O)C2CCCN(C)C2)c1. The summed E-state index contributed by atoms with van der Waals surface area (Å²) in [4.78, 5) is 25.7. The van der Waals surface area contributed by atoms with Crippen molar-refractivity contribution in [2.45, 2.75) is 19.8 Å². The maximum absolute atomic E-state index is 12.2. The highest BCUT2D eigenvalue weighted by molar-refractivity contribution is 5.97. The minimum atomic E-state index is 0.00787. The quantitative estimate of drug-likeness (QED) is 0.847. The molecule has 102 valence electrons. The van der Waals surface area contributed by atoms with Crippen molar-refractivity contribution in [3.63, 3.8) is 0 Å². The van der Waals surface area contributed by atoms with Crippen LogP contribution in [0.3, 0.4) is 0 Å². The maximum Gasteiger partial charge on any atom is 0.228 e. The number of nitrogens with one attached hydrogen (secondary N) is 1. The summed E-state index contributed by atoms with van der Waals surface area (Å²) in [5.74, 6) is 0.0977. The number of likely N-dealkylation sites (tertiary alicyclic amines) is 1. The third-order valence-electron chi connectivity index (χ3n) is 3.53. The highest BCUT2D eigenvalue weighted by Crippen LogP contribution is 2.18. The minimum absolute atomic E-state index is 0.00787. The molecular weight excluding hydrogens is 240 g/mol. The van der Waals surface area contributed by atoms with Crippen LogP contribution in [0.1, 0.15) is 30.1 Å². The lowest BCUT2D eigenvalue weighted by atomic mass is 9.97. The Morgan fingerprint density at radius 3 is 2.84 bits per heavy atom. The molecule has 1 heterocycles. The number of anilines is 1. The van der Waals surface area contributed by atoms with Crippen LogP contribution in [-0.4, -0.2) is 36.7 Å². The van der Waals surface area contributed by atoms with Gasteiger partial charge >= 0.3 is 0 Å². The molecule has 1 aromatic carbocycles. The van der Waals surface area contributed by atoms with E-state index in [1.54, 1.807) is 18.2 Å². The average Bonchev–Trinajstić information content (AvgIpc) is 2.39. The van der Waals surface area contributed by atoms with Crippen molar-refractivity contribution in [2.75, 3.05) is 25.5 Å². The second kappa shape index (κ2) is 5.97. The maximum atomic E-state index is 12.2. The van der Waals surface area contributed by atoms with Crippen LogP contribution in [0.2, 0.25) is 0 Å². The van der Waals surface area contributed by atoms with Crippen LogP contribution in [0.15, 0.2) is 24.3 Å². The van der Waals surface area contributed by atoms with E-state index in [1.807, 2.05) is 13.1 Å². The summed E-state index contributed by atoms with van der Waals surface area (Å²) in [5, 5.41) is 2.91. The summed E-state index contributed by atoms with van der Waals surface area (Å²) < 4.78 is 0. The Bertz CT molecular complexity index is 485. The van der Waals surface area contributed by atoms with Gasteiger partial charge < -0.3 is 10.2 Å². The molecule has 1 N–H and O–H groups in total. The van der Waals surface area contributed by atoms with Gasteiger partial charge in [0.15, 0.2) is 5.78 Å². The number of nitrogens with zero attached hydrogens (tertiary/aromatic N) is 1. The van der Waals surface area contributed by atoms with Crippen molar-refractivity contribution >= 4 is 17.4 Å². The van der Waals surface area contributed by atoms with Gasteiger partial charge in [-0.3, -0.25) is 9.59 Å². The molecule has 0 aliphatic carbocycles. The molecule has 1 amide bonds. The van der Waals surface area contributed by atoms with Gasteiger partial charge in [-0.2, -0.15) is 0 Å². The Morgan fingerprint density at radius 2 is 2.16 bits per heavy atom. The van der Waals surface area contributed by atoms with Gasteiger partial charge in [0.25, 0.3) is 0 Å². The molecule has 0 radical (unpaired) electrons. The molecule has 1 saturated heterocycles. The number of hydrogen-bond donors (Lipinski definition) is 1. The summed E-state index contributed by atoms with van der Waals surface area (Å²) in [6, 6.07) is 7.09. The Hall–Kier alpha value is -1.68. The normalized spacial score (nSPS) is 20.0. The number of benzene rings is 1. The van der Waals surface area contributed by atoms with Crippen LogP contribution in [0.25, 0.3) is 0 Å². The zero-order chi connectivity index (χ0) is 13.8. The number of rotatable bonds is 3. The first-order valence-electron chi connectivity index (χ1n) is 6.66. The van der Waals surface area contributed by atoms with Gasteiger partial charge in [0, 0.05) is 17.8 Å². The summed E-state index contributed by atoms with van der Waals surface area (Å²) in [5.41, 5.74) is 1.32. The fraction of sp³-hybridized carbons (Fsp3) is 0.467. The van der Waals surface area contributed by atoms with Crippen LogP contribution in [0.5, 0.6) is 0 Å². The fourth-order valence-corrected chi connectivity index (χ4v) is 2.44. The van der Waals surface area contributed by atoms with E-state index < -0.39 is 0 Å². The standard InChI is InChI=1S/C15H20N2O2/c1-11(18)12-5-3-7-14(9-12)16-15(19)13-6-4-8-17(2)10-13/h3,5,7,9,13H,4,6,8,10H2,1-2H3,(H,16,19). The Kier molecular flexibility index (Phi) is 4.32. The monoisotopic (exact) mass is 260 g/mol. The molecule has 4 heteroatoms. The molecule has 0 bridgehead atoms. The first-order valence-corrected chi connectivity index (χ1v) is 6.66. The molecule has 1 atom stereocenters. The predicted molar refractivity (Wildman–Crippen MR) is 75.3 cm³/mol. The van der Waals surface area contributed by atoms with Crippen molar-refractivity contribution in [2.24, 2.45) is 5.92 Å². The lowest BCUT2D eigenvalue weighted by Gasteiger charge is -2.28. The first kappa shape index (κ1) is 13.7. The molecule has 0 aromatic heterocycles. The number of piperidine rings is 1. The second-order valence-electron chi connectivity index (χ2n) is 5.23. The molecular formula is C15H20N2O2. The average molecular weight is 260 g/mol. The van der Waals surface area contributed by atoms with Gasteiger partial charge in [-0.05, 0) is 45.5 Å². The predicted octanol–water partition coefficient (Wildman–Crippen LogP) is 2.17. The van der Waals surface area contributed by atoms with E-state index in [0.29, 0.717) is 11.3 Å². The zero-order valence-corrected chi connectivity index (χ0v) is 11.5. The van der Waals surface area contributed by atoms with Crippen LogP contribution in [-0.2, 0) is 4.79 Å². The van der Waals surface area contributed by atoms with E-state index in [0.717, 1.165) is 25.9 Å². The van der Waals surface area contributed by atoms with Crippen molar-refractivity contribution in [3.8, 4) is 0 Å². The number of Topliss-reactive ketones (excluding diaryl/α,β-unsaturated/α-hetero) is 1. The topological polar surface area (TPSA) is 49.4 Å². The molecule has 2 rings (SSSR count). The number of carbonyl (C=O) groups excluding carboxylic acids is 2. The lowest BCUT2D eigenvalue weighted by Crippen LogP contribution is -2.38. The molecule has 1 fully saturated rings. The summed E-state index contributed by atoms with van der Waals surface area (Å²) in [6.45, 7) is 3.39. The van der Waals surface area contributed by atoms with Crippen LogP contribution >= 0.6 is 0 Å². The van der Waals surface area contributed by atoms with Crippen LogP contribution in [0, 0.1) is 5.92 Å².